The Kier molecular flexibility index (Phi) is 4.72. The van der Waals surface area contributed by atoms with Gasteiger partial charge in [0.2, 0.25) is 11.8 Å². The maximum absolute atomic E-state index is 5.54. The van der Waals surface area contributed by atoms with E-state index in [4.69, 9.17) is 9.15 Å². The van der Waals surface area contributed by atoms with Crippen LogP contribution in [0.4, 0.5) is 0 Å². The number of thioether (sulfide) groups is 1. The molecule has 0 saturated carbocycles. The number of nitrogens with zero attached hydrogens (tertiary/aromatic N) is 5. The minimum absolute atomic E-state index is 0.512. The van der Waals surface area contributed by atoms with Crippen molar-refractivity contribution in [1.82, 2.24) is 25.0 Å². The molecule has 4 rings (SSSR count). The number of aryl methyl sites for hydroxylation is 1. The molecule has 0 N–H and O–H groups in total. The minimum atomic E-state index is 0.512. The first-order chi connectivity index (χ1) is 12.8. The first kappa shape index (κ1) is 16.8. The molecule has 0 aliphatic carbocycles. The van der Waals surface area contributed by atoms with Crippen LogP contribution in [0, 0.1) is 6.92 Å². The average molecular weight is 385 g/mol. The summed E-state index contributed by atoms with van der Waals surface area (Å²) in [5.41, 5.74) is 0.882. The molecule has 0 radical (unpaired) electrons. The molecule has 7 nitrogen and oxygen atoms in total. The third kappa shape index (κ3) is 3.23. The minimum Gasteiger partial charge on any atom is -0.495 e. The van der Waals surface area contributed by atoms with E-state index in [1.54, 1.807) is 25.4 Å². The van der Waals surface area contributed by atoms with Crippen molar-refractivity contribution in [3.63, 3.8) is 0 Å². The van der Waals surface area contributed by atoms with E-state index in [-0.39, 0.29) is 0 Å². The molecule has 4 aromatic rings. The van der Waals surface area contributed by atoms with Crippen molar-refractivity contribution in [2.45, 2.75) is 17.8 Å². The Hall–Kier alpha value is -2.65. The standard InChI is InChI=1S/C17H15N5O2S2/c1-11-18-19-15(24-11)10-26-17-21-20-16(14-8-5-9-25-14)22(17)12-6-3-4-7-13(12)23-2/h3-9H,10H2,1-2H3. The number of methoxy groups -OCH3 is 1. The van der Waals surface area contributed by atoms with E-state index >= 15 is 0 Å². The lowest BCUT2D eigenvalue weighted by atomic mass is 10.3. The molecular weight excluding hydrogens is 370 g/mol. The predicted molar refractivity (Wildman–Crippen MR) is 99.8 cm³/mol. The number of rotatable bonds is 6. The largest absolute Gasteiger partial charge is 0.495 e. The fourth-order valence-electron chi connectivity index (χ4n) is 2.48. The number of para-hydroxylation sites is 2. The summed E-state index contributed by atoms with van der Waals surface area (Å²) >= 11 is 3.10. The Balaban J connectivity index is 1.76. The van der Waals surface area contributed by atoms with Crippen LogP contribution in [0.1, 0.15) is 11.8 Å². The van der Waals surface area contributed by atoms with Gasteiger partial charge in [0.15, 0.2) is 11.0 Å². The maximum Gasteiger partial charge on any atom is 0.226 e. The molecule has 0 unspecified atom stereocenters. The fraction of sp³-hybridized carbons (Fsp3) is 0.176. The number of ether oxygens (including phenoxy) is 1. The van der Waals surface area contributed by atoms with Crippen LogP contribution in [0.3, 0.4) is 0 Å². The van der Waals surface area contributed by atoms with Gasteiger partial charge in [0.05, 0.1) is 23.4 Å². The van der Waals surface area contributed by atoms with Gasteiger partial charge in [-0.2, -0.15) is 0 Å². The fourth-order valence-corrected chi connectivity index (χ4v) is 3.96. The molecule has 0 spiro atoms. The maximum atomic E-state index is 5.54. The number of hydrogen-bond acceptors (Lipinski definition) is 8. The molecule has 0 aliphatic heterocycles. The molecule has 132 valence electrons. The lowest BCUT2D eigenvalue weighted by Gasteiger charge is -2.12. The molecule has 0 fully saturated rings. The van der Waals surface area contributed by atoms with E-state index in [1.807, 2.05) is 46.3 Å². The van der Waals surface area contributed by atoms with Gasteiger partial charge in [0.1, 0.15) is 5.75 Å². The highest BCUT2D eigenvalue weighted by Crippen LogP contribution is 2.34. The average Bonchev–Trinajstić information content (AvgIpc) is 3.40. The quantitative estimate of drug-likeness (QED) is 0.464. The Morgan fingerprint density at radius 1 is 1.12 bits per heavy atom. The van der Waals surface area contributed by atoms with E-state index in [0.29, 0.717) is 17.5 Å². The molecule has 26 heavy (non-hydrogen) atoms. The van der Waals surface area contributed by atoms with Gasteiger partial charge in [0, 0.05) is 6.92 Å². The molecular formula is C17H15N5O2S2. The summed E-state index contributed by atoms with van der Waals surface area (Å²) in [6.45, 7) is 1.77. The molecule has 0 aliphatic rings. The second kappa shape index (κ2) is 7.30. The zero-order valence-electron chi connectivity index (χ0n) is 14.1. The Labute approximate surface area is 158 Å². The molecule has 3 aromatic heterocycles. The molecule has 0 atom stereocenters. The van der Waals surface area contributed by atoms with E-state index in [1.165, 1.54) is 11.8 Å². The number of aromatic nitrogens is 5. The van der Waals surface area contributed by atoms with E-state index in [2.05, 4.69) is 20.4 Å². The van der Waals surface area contributed by atoms with E-state index < -0.39 is 0 Å². The molecule has 3 heterocycles. The summed E-state index contributed by atoms with van der Waals surface area (Å²) < 4.78 is 13.0. The zero-order chi connectivity index (χ0) is 17.9. The van der Waals surface area contributed by atoms with Crippen molar-refractivity contribution in [2.75, 3.05) is 7.11 Å². The SMILES string of the molecule is COc1ccccc1-n1c(SCc2nnc(C)o2)nnc1-c1cccs1. The first-order valence-electron chi connectivity index (χ1n) is 7.80. The van der Waals surface area contributed by atoms with Crippen molar-refractivity contribution in [3.8, 4) is 22.1 Å². The van der Waals surface area contributed by atoms with Crippen LogP contribution < -0.4 is 4.74 Å². The molecule has 9 heteroatoms. The van der Waals surface area contributed by atoms with Crippen LogP contribution in [-0.4, -0.2) is 32.1 Å². The van der Waals surface area contributed by atoms with Gasteiger partial charge in [-0.3, -0.25) is 4.57 Å². The van der Waals surface area contributed by atoms with Gasteiger partial charge in [-0.25, -0.2) is 0 Å². The van der Waals surface area contributed by atoms with Crippen LogP contribution in [0.15, 0.2) is 51.4 Å². The van der Waals surface area contributed by atoms with E-state index in [9.17, 15) is 0 Å². The van der Waals surface area contributed by atoms with Gasteiger partial charge < -0.3 is 9.15 Å². The summed E-state index contributed by atoms with van der Waals surface area (Å²) in [6, 6.07) is 11.8. The summed E-state index contributed by atoms with van der Waals surface area (Å²) in [7, 11) is 1.65. The first-order valence-corrected chi connectivity index (χ1v) is 9.67. The number of thiophene rings is 1. The van der Waals surface area contributed by atoms with Crippen molar-refractivity contribution in [2.24, 2.45) is 0 Å². The lowest BCUT2D eigenvalue weighted by molar-refractivity contribution is 0.412. The Bertz CT molecular complexity index is 1010. The van der Waals surface area contributed by atoms with Crippen LogP contribution >= 0.6 is 23.1 Å². The second-order valence-electron chi connectivity index (χ2n) is 5.29. The van der Waals surface area contributed by atoms with Crippen molar-refractivity contribution in [3.05, 3.63) is 53.6 Å². The summed E-state index contributed by atoms with van der Waals surface area (Å²) in [4.78, 5) is 1.03. The van der Waals surface area contributed by atoms with Crippen LogP contribution in [0.5, 0.6) is 5.75 Å². The molecule has 1 aromatic carbocycles. The Morgan fingerprint density at radius 3 is 2.73 bits per heavy atom. The normalized spacial score (nSPS) is 11.0. The van der Waals surface area contributed by atoms with E-state index in [0.717, 1.165) is 27.3 Å². The number of hydrogen-bond donors (Lipinski definition) is 0. The summed E-state index contributed by atoms with van der Waals surface area (Å²) in [5, 5.41) is 19.4. The molecule has 0 bridgehead atoms. The van der Waals surface area contributed by atoms with Crippen LogP contribution in [-0.2, 0) is 5.75 Å². The third-order valence-electron chi connectivity index (χ3n) is 3.59. The van der Waals surface area contributed by atoms with Gasteiger partial charge in [-0.15, -0.1) is 31.7 Å². The van der Waals surface area contributed by atoms with Crippen LogP contribution in [0.25, 0.3) is 16.4 Å². The topological polar surface area (TPSA) is 78.9 Å². The monoisotopic (exact) mass is 385 g/mol. The predicted octanol–water partition coefficient (Wildman–Crippen LogP) is 3.99. The van der Waals surface area contributed by atoms with Gasteiger partial charge in [0.25, 0.3) is 0 Å². The molecule has 0 saturated heterocycles. The highest BCUT2D eigenvalue weighted by atomic mass is 32.2. The highest BCUT2D eigenvalue weighted by molar-refractivity contribution is 7.98. The second-order valence-corrected chi connectivity index (χ2v) is 7.18. The highest BCUT2D eigenvalue weighted by Gasteiger charge is 2.20. The summed E-state index contributed by atoms with van der Waals surface area (Å²) in [6.07, 6.45) is 0. The van der Waals surface area contributed by atoms with Gasteiger partial charge in [-0.1, -0.05) is 30.0 Å². The smallest absolute Gasteiger partial charge is 0.226 e. The Morgan fingerprint density at radius 2 is 2.00 bits per heavy atom. The summed E-state index contributed by atoms with van der Waals surface area (Å²) in [5.74, 6) is 3.14. The van der Waals surface area contributed by atoms with Crippen molar-refractivity contribution in [1.29, 1.82) is 0 Å². The van der Waals surface area contributed by atoms with Crippen molar-refractivity contribution < 1.29 is 9.15 Å². The van der Waals surface area contributed by atoms with Gasteiger partial charge in [-0.05, 0) is 23.6 Å². The molecule has 0 amide bonds. The van der Waals surface area contributed by atoms with Crippen LogP contribution in [0.2, 0.25) is 0 Å². The van der Waals surface area contributed by atoms with Crippen molar-refractivity contribution >= 4 is 23.1 Å². The third-order valence-corrected chi connectivity index (χ3v) is 5.37. The van der Waals surface area contributed by atoms with Gasteiger partial charge >= 0.3 is 0 Å². The zero-order valence-corrected chi connectivity index (χ0v) is 15.8. The number of benzene rings is 1. The lowest BCUT2D eigenvalue weighted by Crippen LogP contribution is -2.01.